The van der Waals surface area contributed by atoms with Crippen LogP contribution in [0.4, 0.5) is 0 Å². The lowest BCUT2D eigenvalue weighted by Crippen LogP contribution is -2.60. The Morgan fingerprint density at radius 1 is 1.17 bits per heavy atom. The predicted molar refractivity (Wildman–Crippen MR) is 110 cm³/mol. The van der Waals surface area contributed by atoms with Crippen molar-refractivity contribution in [3.8, 4) is 0 Å². The summed E-state index contributed by atoms with van der Waals surface area (Å²) in [5.41, 5.74) is -0.240. The molecule has 5 nitrogen and oxygen atoms in total. The lowest BCUT2D eigenvalue weighted by Gasteiger charge is -2.40. The Bertz CT molecular complexity index is 853. The molecule has 29 heavy (non-hydrogen) atoms. The van der Waals surface area contributed by atoms with Gasteiger partial charge in [0.15, 0.2) is 0 Å². The summed E-state index contributed by atoms with van der Waals surface area (Å²) >= 11 is 0. The van der Waals surface area contributed by atoms with Gasteiger partial charge in [0, 0.05) is 17.5 Å². The summed E-state index contributed by atoms with van der Waals surface area (Å²) in [6.07, 6.45) is 8.25. The summed E-state index contributed by atoms with van der Waals surface area (Å²) in [6.45, 7) is 6.02. The summed E-state index contributed by atoms with van der Waals surface area (Å²) in [4.78, 5) is 29.1. The van der Waals surface area contributed by atoms with Crippen LogP contribution < -0.4 is 5.32 Å². The van der Waals surface area contributed by atoms with Gasteiger partial charge in [0.25, 0.3) is 0 Å². The molecule has 1 aromatic carbocycles. The fourth-order valence-corrected chi connectivity index (χ4v) is 6.00. The lowest BCUT2D eigenvalue weighted by molar-refractivity contribution is -0.145. The molecule has 1 aromatic rings. The summed E-state index contributed by atoms with van der Waals surface area (Å²) in [5.74, 6) is -0.451. The normalized spacial score (nSPS) is 36.1. The fraction of sp³-hybridized carbons (Fsp3) is 0.583. The van der Waals surface area contributed by atoms with Gasteiger partial charge in [-0.2, -0.15) is 0 Å². The number of likely N-dealkylation sites (tertiary alicyclic amines) is 1. The molecule has 5 atom stereocenters. The van der Waals surface area contributed by atoms with Gasteiger partial charge in [-0.1, -0.05) is 55.3 Å². The fourth-order valence-electron chi connectivity index (χ4n) is 6.00. The van der Waals surface area contributed by atoms with Crippen LogP contribution in [0.25, 0.3) is 0 Å². The summed E-state index contributed by atoms with van der Waals surface area (Å²) in [5, 5.41) is 3.24. The van der Waals surface area contributed by atoms with Gasteiger partial charge in [0.2, 0.25) is 11.8 Å². The van der Waals surface area contributed by atoms with Gasteiger partial charge in [-0.3, -0.25) is 9.59 Å². The van der Waals surface area contributed by atoms with Crippen molar-refractivity contribution in [3.63, 3.8) is 0 Å². The van der Waals surface area contributed by atoms with Crippen molar-refractivity contribution in [2.24, 2.45) is 5.92 Å². The number of nitrogens with one attached hydrogen (secondary N) is 1. The highest BCUT2D eigenvalue weighted by atomic mass is 16.5. The number of fused-ring (bicyclic) bond motifs is 1. The highest BCUT2D eigenvalue weighted by molar-refractivity contribution is 5.97. The molecule has 0 radical (unpaired) electrons. The van der Waals surface area contributed by atoms with E-state index in [1.165, 1.54) is 0 Å². The number of amides is 2. The van der Waals surface area contributed by atoms with E-state index in [1.807, 2.05) is 45.0 Å². The third-order valence-corrected chi connectivity index (χ3v) is 7.13. The molecule has 5 rings (SSSR count). The smallest absolute Gasteiger partial charge is 0.246 e. The van der Waals surface area contributed by atoms with Crippen molar-refractivity contribution in [1.82, 2.24) is 10.2 Å². The van der Waals surface area contributed by atoms with Gasteiger partial charge < -0.3 is 15.0 Å². The Labute approximate surface area is 172 Å². The quantitative estimate of drug-likeness (QED) is 0.801. The average molecular weight is 395 g/mol. The standard InChI is InChI=1S/C24H30N2O3/c1-23(2,3)26-20(21(27)25-16-11-7-8-12-16)24-14-13-17(29-24)18(19(24)22(26)28)15-9-5-4-6-10-15/h4-6,9-10,13-14,16-20H,7-8,11-12H2,1-3H3,(H,25,27)/t17-,18-,19+,20+,24+/m1/s1. The molecular weight excluding hydrogens is 364 g/mol. The first-order valence-corrected chi connectivity index (χ1v) is 10.9. The van der Waals surface area contributed by atoms with Crippen LogP contribution in [0, 0.1) is 5.92 Å². The molecule has 4 aliphatic rings. The van der Waals surface area contributed by atoms with Crippen molar-refractivity contribution in [3.05, 3.63) is 48.0 Å². The van der Waals surface area contributed by atoms with E-state index in [0.29, 0.717) is 0 Å². The molecule has 2 bridgehead atoms. The largest absolute Gasteiger partial charge is 0.359 e. The molecular formula is C24H30N2O3. The Hall–Kier alpha value is -2.14. The lowest BCUT2D eigenvalue weighted by atomic mass is 9.72. The highest BCUT2D eigenvalue weighted by Crippen LogP contribution is 2.59. The molecule has 5 heteroatoms. The van der Waals surface area contributed by atoms with Crippen LogP contribution in [-0.2, 0) is 14.3 Å². The Morgan fingerprint density at radius 3 is 2.52 bits per heavy atom. The third-order valence-electron chi connectivity index (χ3n) is 7.13. The van der Waals surface area contributed by atoms with E-state index >= 15 is 0 Å². The zero-order chi connectivity index (χ0) is 20.4. The molecule has 1 spiro atoms. The molecule has 2 amide bonds. The van der Waals surface area contributed by atoms with Crippen LogP contribution in [0.3, 0.4) is 0 Å². The van der Waals surface area contributed by atoms with Crippen LogP contribution in [-0.4, -0.2) is 46.0 Å². The van der Waals surface area contributed by atoms with Crippen molar-refractivity contribution in [2.45, 2.75) is 81.7 Å². The molecule has 1 N–H and O–H groups in total. The van der Waals surface area contributed by atoms with E-state index in [9.17, 15) is 9.59 Å². The van der Waals surface area contributed by atoms with Crippen molar-refractivity contribution in [1.29, 1.82) is 0 Å². The minimum atomic E-state index is -0.877. The Morgan fingerprint density at radius 2 is 1.86 bits per heavy atom. The number of nitrogens with zero attached hydrogens (tertiary/aromatic N) is 1. The first-order chi connectivity index (χ1) is 13.8. The predicted octanol–water partition coefficient (Wildman–Crippen LogP) is 3.16. The first-order valence-electron chi connectivity index (χ1n) is 10.9. The van der Waals surface area contributed by atoms with E-state index in [0.717, 1.165) is 31.2 Å². The molecule has 0 aromatic heterocycles. The van der Waals surface area contributed by atoms with Crippen LogP contribution in [0.1, 0.15) is 57.9 Å². The second-order valence-corrected chi connectivity index (χ2v) is 9.98. The number of hydrogen-bond acceptors (Lipinski definition) is 3. The zero-order valence-corrected chi connectivity index (χ0v) is 17.4. The maximum absolute atomic E-state index is 13.8. The van der Waals surface area contributed by atoms with Crippen molar-refractivity contribution < 1.29 is 14.3 Å². The van der Waals surface area contributed by atoms with Gasteiger partial charge in [0.05, 0.1) is 12.0 Å². The number of ether oxygens (including phenoxy) is 1. The summed E-state index contributed by atoms with van der Waals surface area (Å²) in [7, 11) is 0. The highest BCUT2D eigenvalue weighted by Gasteiger charge is 2.72. The van der Waals surface area contributed by atoms with Gasteiger partial charge >= 0.3 is 0 Å². The molecule has 1 aliphatic carbocycles. The maximum atomic E-state index is 13.8. The van der Waals surface area contributed by atoms with Crippen LogP contribution >= 0.6 is 0 Å². The molecule has 2 saturated heterocycles. The molecule has 1 saturated carbocycles. The first kappa shape index (κ1) is 18.9. The van der Waals surface area contributed by atoms with E-state index in [-0.39, 0.29) is 35.8 Å². The number of carbonyl (C=O) groups is 2. The minimum Gasteiger partial charge on any atom is -0.359 e. The molecule has 0 unspecified atom stereocenters. The molecule has 3 heterocycles. The van der Waals surface area contributed by atoms with Crippen molar-refractivity contribution in [2.75, 3.05) is 0 Å². The van der Waals surface area contributed by atoms with Gasteiger partial charge in [-0.05, 0) is 39.2 Å². The SMILES string of the molecule is CC(C)(C)N1C(=O)[C@@H]2[C@H](c3ccccc3)[C@H]3C=C[C@@]2(O3)[C@@H]1C(=O)NC1CCCC1. The number of carbonyl (C=O) groups excluding carboxylic acids is 2. The summed E-state index contributed by atoms with van der Waals surface area (Å²) in [6, 6.07) is 9.71. The second-order valence-electron chi connectivity index (χ2n) is 9.98. The van der Waals surface area contributed by atoms with E-state index in [1.54, 1.807) is 4.90 Å². The maximum Gasteiger partial charge on any atom is 0.246 e. The van der Waals surface area contributed by atoms with Crippen LogP contribution in [0.2, 0.25) is 0 Å². The average Bonchev–Trinajstić information content (AvgIpc) is 3.43. The van der Waals surface area contributed by atoms with Crippen molar-refractivity contribution >= 4 is 11.8 Å². The van der Waals surface area contributed by atoms with Gasteiger partial charge in [-0.15, -0.1) is 0 Å². The molecule has 3 fully saturated rings. The Balaban J connectivity index is 1.56. The molecule has 154 valence electrons. The zero-order valence-electron chi connectivity index (χ0n) is 17.4. The van der Waals surface area contributed by atoms with E-state index in [4.69, 9.17) is 4.74 Å². The second kappa shape index (κ2) is 6.43. The van der Waals surface area contributed by atoms with Crippen LogP contribution in [0.5, 0.6) is 0 Å². The summed E-state index contributed by atoms with van der Waals surface area (Å²) < 4.78 is 6.51. The van der Waals surface area contributed by atoms with E-state index in [2.05, 4.69) is 23.5 Å². The number of benzene rings is 1. The topological polar surface area (TPSA) is 58.6 Å². The Kier molecular flexibility index (Phi) is 4.18. The van der Waals surface area contributed by atoms with Crippen LogP contribution in [0.15, 0.2) is 42.5 Å². The van der Waals surface area contributed by atoms with Gasteiger partial charge in [-0.25, -0.2) is 0 Å². The monoisotopic (exact) mass is 394 g/mol. The third kappa shape index (κ3) is 2.70. The van der Waals surface area contributed by atoms with E-state index < -0.39 is 17.2 Å². The molecule has 3 aliphatic heterocycles. The number of hydrogen-bond donors (Lipinski definition) is 1. The van der Waals surface area contributed by atoms with Gasteiger partial charge in [0.1, 0.15) is 11.6 Å². The number of rotatable bonds is 3. The minimum absolute atomic E-state index is 0.0322.